The number of allylic oxidation sites excluding steroid dienone is 1. The van der Waals surface area contributed by atoms with E-state index in [1.54, 1.807) is 0 Å². The Hall–Kier alpha value is -1.46. The largest absolute Gasteiger partial charge is 0.404 e. The molecule has 0 aliphatic carbocycles. The Labute approximate surface area is 79.8 Å². The molecule has 78 valence electrons. The van der Waals surface area contributed by atoms with Gasteiger partial charge < -0.3 is 10.2 Å². The average molecular weight is 203 g/mol. The van der Waals surface area contributed by atoms with Crippen molar-refractivity contribution < 1.29 is 13.2 Å². The van der Waals surface area contributed by atoms with Gasteiger partial charge in [-0.15, -0.1) is 5.10 Å². The summed E-state index contributed by atoms with van der Waals surface area (Å²) < 4.78 is 29.8. The second kappa shape index (κ2) is 3.73. The van der Waals surface area contributed by atoms with Crippen LogP contribution >= 0.6 is 0 Å². The molecule has 0 spiro atoms. The molecule has 0 aliphatic heterocycles. The molecule has 4 nitrogen and oxygen atoms in total. The number of nitrogens with zero attached hydrogens (tertiary/aromatic N) is 2. The van der Waals surface area contributed by atoms with Gasteiger partial charge in [0.2, 0.25) is 11.8 Å². The van der Waals surface area contributed by atoms with Gasteiger partial charge in [0.05, 0.1) is 0 Å². The van der Waals surface area contributed by atoms with Crippen LogP contribution in [0.1, 0.15) is 25.7 Å². The third kappa shape index (κ3) is 3.12. The second-order valence-corrected chi connectivity index (χ2v) is 3.12. The standard InChI is InChI=1S/C8H11F2N3O/c1-5(3-4-8(2,9)10)6-12-13-7(11)14-6/h1,3-4H2,2H3,(H2,11,13). The Kier molecular flexibility index (Phi) is 2.83. The minimum absolute atomic E-state index is 0.0931. The van der Waals surface area contributed by atoms with E-state index in [9.17, 15) is 8.78 Å². The summed E-state index contributed by atoms with van der Waals surface area (Å²) >= 11 is 0. The number of halogens is 2. The molecule has 0 amide bonds. The predicted octanol–water partition coefficient (Wildman–Crippen LogP) is 2.10. The molecular formula is C8H11F2N3O. The molecule has 1 aromatic heterocycles. The number of alkyl halides is 2. The summed E-state index contributed by atoms with van der Waals surface area (Å²) in [5.41, 5.74) is 5.54. The number of rotatable bonds is 4. The monoisotopic (exact) mass is 203 g/mol. The first-order valence-corrected chi connectivity index (χ1v) is 4.03. The number of hydrogen-bond acceptors (Lipinski definition) is 4. The van der Waals surface area contributed by atoms with Gasteiger partial charge in [-0.3, -0.25) is 0 Å². The van der Waals surface area contributed by atoms with Crippen molar-refractivity contribution in [1.82, 2.24) is 10.2 Å². The zero-order valence-electron chi connectivity index (χ0n) is 7.76. The van der Waals surface area contributed by atoms with Crippen LogP contribution in [0.25, 0.3) is 5.57 Å². The number of nitrogen functional groups attached to an aromatic ring is 1. The lowest BCUT2D eigenvalue weighted by molar-refractivity contribution is 0.0145. The molecular weight excluding hydrogens is 192 g/mol. The fourth-order valence-corrected chi connectivity index (χ4v) is 0.855. The van der Waals surface area contributed by atoms with Crippen molar-refractivity contribution in [1.29, 1.82) is 0 Å². The lowest BCUT2D eigenvalue weighted by atomic mass is 10.1. The molecule has 0 saturated heterocycles. The van der Waals surface area contributed by atoms with E-state index < -0.39 is 5.92 Å². The topological polar surface area (TPSA) is 64.9 Å². The van der Waals surface area contributed by atoms with Crippen LogP contribution in [-0.4, -0.2) is 16.1 Å². The highest BCUT2D eigenvalue weighted by Gasteiger charge is 2.22. The van der Waals surface area contributed by atoms with E-state index in [0.29, 0.717) is 5.57 Å². The highest BCUT2D eigenvalue weighted by molar-refractivity contribution is 5.55. The van der Waals surface area contributed by atoms with Crippen LogP contribution in [0.15, 0.2) is 11.0 Å². The van der Waals surface area contributed by atoms with Gasteiger partial charge in [0.1, 0.15) is 0 Å². The molecule has 2 N–H and O–H groups in total. The zero-order chi connectivity index (χ0) is 10.8. The minimum Gasteiger partial charge on any atom is -0.404 e. The molecule has 1 aromatic rings. The van der Waals surface area contributed by atoms with Crippen molar-refractivity contribution in [3.8, 4) is 0 Å². The normalized spacial score (nSPS) is 11.6. The summed E-state index contributed by atoms with van der Waals surface area (Å²) in [6.45, 7) is 4.41. The van der Waals surface area contributed by atoms with Crippen molar-refractivity contribution in [2.24, 2.45) is 0 Å². The Morgan fingerprint density at radius 2 is 2.21 bits per heavy atom. The van der Waals surface area contributed by atoms with Crippen LogP contribution in [0.4, 0.5) is 14.8 Å². The van der Waals surface area contributed by atoms with Crippen molar-refractivity contribution in [3.05, 3.63) is 12.5 Å². The van der Waals surface area contributed by atoms with E-state index in [1.807, 2.05) is 0 Å². The Bertz CT molecular complexity index is 330. The number of aromatic nitrogens is 2. The zero-order valence-corrected chi connectivity index (χ0v) is 7.76. The fraction of sp³-hybridized carbons (Fsp3) is 0.500. The third-order valence-electron chi connectivity index (χ3n) is 1.61. The van der Waals surface area contributed by atoms with Crippen LogP contribution in [0.5, 0.6) is 0 Å². The smallest absolute Gasteiger partial charge is 0.313 e. The molecule has 1 heterocycles. The van der Waals surface area contributed by atoms with Gasteiger partial charge in [-0.05, 0) is 13.3 Å². The summed E-state index contributed by atoms with van der Waals surface area (Å²) in [6.07, 6.45) is -0.195. The van der Waals surface area contributed by atoms with E-state index in [-0.39, 0.29) is 24.7 Å². The van der Waals surface area contributed by atoms with Crippen molar-refractivity contribution in [3.63, 3.8) is 0 Å². The maximum atomic E-state index is 12.5. The van der Waals surface area contributed by atoms with Crippen LogP contribution in [-0.2, 0) is 0 Å². The molecule has 0 aromatic carbocycles. The lowest BCUT2D eigenvalue weighted by Crippen LogP contribution is -2.08. The molecule has 0 unspecified atom stereocenters. The van der Waals surface area contributed by atoms with Crippen molar-refractivity contribution in [2.75, 3.05) is 5.73 Å². The average Bonchev–Trinajstić information content (AvgIpc) is 2.46. The molecule has 1 rings (SSSR count). The van der Waals surface area contributed by atoms with Gasteiger partial charge in [-0.1, -0.05) is 11.7 Å². The summed E-state index contributed by atoms with van der Waals surface area (Å²) in [5.74, 6) is -2.60. The summed E-state index contributed by atoms with van der Waals surface area (Å²) in [4.78, 5) is 0. The first-order valence-electron chi connectivity index (χ1n) is 4.03. The maximum Gasteiger partial charge on any atom is 0.313 e. The molecule has 0 fully saturated rings. The van der Waals surface area contributed by atoms with Gasteiger partial charge in [0, 0.05) is 12.0 Å². The van der Waals surface area contributed by atoms with Crippen molar-refractivity contribution in [2.45, 2.75) is 25.7 Å². The molecule has 0 atom stereocenters. The van der Waals surface area contributed by atoms with E-state index in [1.165, 1.54) is 0 Å². The fourth-order valence-electron chi connectivity index (χ4n) is 0.855. The van der Waals surface area contributed by atoms with E-state index >= 15 is 0 Å². The van der Waals surface area contributed by atoms with Crippen LogP contribution in [0.3, 0.4) is 0 Å². The molecule has 0 saturated carbocycles. The second-order valence-electron chi connectivity index (χ2n) is 3.12. The van der Waals surface area contributed by atoms with Gasteiger partial charge >= 0.3 is 6.01 Å². The lowest BCUT2D eigenvalue weighted by Gasteiger charge is -2.08. The summed E-state index contributed by atoms with van der Waals surface area (Å²) in [6, 6.07) is -0.0931. The quantitative estimate of drug-likeness (QED) is 0.813. The Morgan fingerprint density at radius 3 is 2.64 bits per heavy atom. The van der Waals surface area contributed by atoms with E-state index in [4.69, 9.17) is 10.2 Å². The van der Waals surface area contributed by atoms with Gasteiger partial charge in [0.25, 0.3) is 0 Å². The number of hydrogen-bond donors (Lipinski definition) is 1. The van der Waals surface area contributed by atoms with Crippen molar-refractivity contribution >= 4 is 11.6 Å². The van der Waals surface area contributed by atoms with E-state index in [2.05, 4.69) is 16.8 Å². The van der Waals surface area contributed by atoms with Gasteiger partial charge in [0.15, 0.2) is 0 Å². The molecule has 0 bridgehead atoms. The first kappa shape index (κ1) is 10.6. The SMILES string of the molecule is C=C(CCC(C)(F)F)c1nnc(N)o1. The highest BCUT2D eigenvalue weighted by Crippen LogP contribution is 2.25. The van der Waals surface area contributed by atoms with Gasteiger partial charge in [-0.2, -0.15) is 0 Å². The Balaban J connectivity index is 2.52. The molecule has 14 heavy (non-hydrogen) atoms. The van der Waals surface area contributed by atoms with Crippen LogP contribution < -0.4 is 5.73 Å². The number of anilines is 1. The van der Waals surface area contributed by atoms with Crippen LogP contribution in [0, 0.1) is 0 Å². The first-order chi connectivity index (χ1) is 6.38. The maximum absolute atomic E-state index is 12.5. The Morgan fingerprint density at radius 1 is 1.57 bits per heavy atom. The molecule has 6 heteroatoms. The summed E-state index contributed by atoms with van der Waals surface area (Å²) in [5, 5.41) is 6.93. The van der Waals surface area contributed by atoms with Gasteiger partial charge in [-0.25, -0.2) is 8.78 Å². The molecule has 0 radical (unpaired) electrons. The number of nitrogens with two attached hydrogens (primary N) is 1. The summed E-state index contributed by atoms with van der Waals surface area (Å²) in [7, 11) is 0. The molecule has 0 aliphatic rings. The van der Waals surface area contributed by atoms with E-state index in [0.717, 1.165) is 6.92 Å². The minimum atomic E-state index is -2.71. The predicted molar refractivity (Wildman–Crippen MR) is 47.6 cm³/mol. The van der Waals surface area contributed by atoms with Crippen LogP contribution in [0.2, 0.25) is 0 Å². The third-order valence-corrected chi connectivity index (χ3v) is 1.61. The highest BCUT2D eigenvalue weighted by atomic mass is 19.3.